The van der Waals surface area contributed by atoms with Crippen LogP contribution >= 0.6 is 11.9 Å². The lowest BCUT2D eigenvalue weighted by Crippen LogP contribution is -1.96. The minimum Gasteiger partial charge on any atom is -0.752 e. The van der Waals surface area contributed by atoms with Gasteiger partial charge in [0.15, 0.2) is 0 Å². The van der Waals surface area contributed by atoms with Gasteiger partial charge in [0.05, 0.1) is 6.61 Å². The fourth-order valence-electron chi connectivity index (χ4n) is 0.261. The molecule has 0 radical (unpaired) electrons. The summed E-state index contributed by atoms with van der Waals surface area (Å²) in [5.41, 5.74) is 0. The molecule has 0 atom stereocenters. The second-order valence-electron chi connectivity index (χ2n) is 0.890. The van der Waals surface area contributed by atoms with Gasteiger partial charge in [-0.1, -0.05) is 11.9 Å². The molecule has 0 aromatic heterocycles. The van der Waals surface area contributed by atoms with Crippen molar-refractivity contribution in [3.63, 3.8) is 0 Å². The highest BCUT2D eigenvalue weighted by Crippen LogP contribution is 2.14. The fraction of sp³-hybridized carbons (Fsp3) is 1.00. The predicted octanol–water partition coefficient (Wildman–Crippen LogP) is 0.380. The minimum atomic E-state index is 0.528. The summed E-state index contributed by atoms with van der Waals surface area (Å²) in [6, 6.07) is 0. The van der Waals surface area contributed by atoms with Crippen molar-refractivity contribution in [1.82, 2.24) is 4.63 Å². The lowest BCUT2D eigenvalue weighted by molar-refractivity contribution is -0.0109. The van der Waals surface area contributed by atoms with E-state index >= 15 is 0 Å². The Balaban J connectivity index is 2.18. The maximum absolute atomic E-state index is 9.90. The Morgan fingerprint density at radius 3 is 2.83 bits per heavy atom. The zero-order chi connectivity index (χ0) is 4.41. The summed E-state index contributed by atoms with van der Waals surface area (Å²) < 4.78 is 0.528. The van der Waals surface area contributed by atoms with E-state index in [1.807, 2.05) is 0 Å². The summed E-state index contributed by atoms with van der Waals surface area (Å²) in [6.45, 7) is 0.564. The van der Waals surface area contributed by atoms with Crippen LogP contribution in [0.4, 0.5) is 0 Å². The maximum atomic E-state index is 9.90. The topological polar surface area (TPSA) is 35.5 Å². The molecule has 3 nitrogen and oxygen atoms in total. The van der Waals surface area contributed by atoms with Crippen molar-refractivity contribution in [2.24, 2.45) is 0 Å². The Labute approximate surface area is 39.9 Å². The van der Waals surface area contributed by atoms with E-state index in [9.17, 15) is 5.21 Å². The van der Waals surface area contributed by atoms with Gasteiger partial charge in [0.2, 0.25) is 0 Å². The first kappa shape index (κ1) is 4.39. The van der Waals surface area contributed by atoms with Crippen LogP contribution in [0.25, 0.3) is 0 Å². The lowest BCUT2D eigenvalue weighted by Gasteiger charge is -2.14. The highest BCUT2D eigenvalue weighted by atomic mass is 32.2. The smallest absolute Gasteiger partial charge is 0.0787 e. The number of hydrogen-bond acceptors (Lipinski definition) is 4. The third kappa shape index (κ3) is 0.844. The summed E-state index contributed by atoms with van der Waals surface area (Å²) in [7, 11) is 0. The molecule has 0 N–H and O–H groups in total. The SMILES string of the molecule is [O-]N1OCCS1. The molecule has 0 spiro atoms. The van der Waals surface area contributed by atoms with Crippen LogP contribution < -0.4 is 0 Å². The molecule has 6 heavy (non-hydrogen) atoms. The summed E-state index contributed by atoms with van der Waals surface area (Å²) in [6.07, 6.45) is 0. The first-order valence-corrected chi connectivity index (χ1v) is 2.57. The van der Waals surface area contributed by atoms with E-state index in [-0.39, 0.29) is 0 Å². The summed E-state index contributed by atoms with van der Waals surface area (Å²) in [4.78, 5) is 4.39. The predicted molar refractivity (Wildman–Crippen MR) is 23.6 cm³/mol. The standard InChI is InChI=1S/C2H4NO2S/c4-3-5-1-2-6-3/h1-2H2/q-1. The molecule has 0 aliphatic carbocycles. The third-order valence-corrected chi connectivity index (χ3v) is 1.14. The average Bonchev–Trinajstić information content (AvgIpc) is 1.86. The van der Waals surface area contributed by atoms with Gasteiger partial charge in [0, 0.05) is 5.75 Å². The highest BCUT2D eigenvalue weighted by Gasteiger charge is 1.99. The molecule has 1 fully saturated rings. The van der Waals surface area contributed by atoms with E-state index in [0.717, 1.165) is 17.7 Å². The van der Waals surface area contributed by atoms with E-state index < -0.39 is 0 Å². The van der Waals surface area contributed by atoms with E-state index in [4.69, 9.17) is 0 Å². The summed E-state index contributed by atoms with van der Waals surface area (Å²) in [5.74, 6) is 0.795. The molecule has 1 aliphatic rings. The second kappa shape index (κ2) is 1.79. The summed E-state index contributed by atoms with van der Waals surface area (Å²) >= 11 is 1.15. The van der Waals surface area contributed by atoms with Crippen molar-refractivity contribution >= 4 is 11.9 Å². The molecule has 1 aliphatic heterocycles. The molecule has 0 aromatic rings. The molecule has 4 heteroatoms. The van der Waals surface area contributed by atoms with Crippen LogP contribution in [0.5, 0.6) is 0 Å². The molecule has 0 aromatic carbocycles. The first-order valence-electron chi connectivity index (χ1n) is 1.63. The Kier molecular flexibility index (Phi) is 1.31. The van der Waals surface area contributed by atoms with Crippen molar-refractivity contribution in [2.75, 3.05) is 12.4 Å². The van der Waals surface area contributed by atoms with E-state index in [0.29, 0.717) is 11.2 Å². The molecular weight excluding hydrogens is 102 g/mol. The fourth-order valence-corrected chi connectivity index (χ4v) is 0.708. The lowest BCUT2D eigenvalue weighted by atomic mass is 10.9. The largest absolute Gasteiger partial charge is 0.752 e. The first-order chi connectivity index (χ1) is 2.89. The molecule has 0 amide bonds. The maximum Gasteiger partial charge on any atom is 0.0787 e. The number of hydrogen-bond donors (Lipinski definition) is 0. The van der Waals surface area contributed by atoms with Gasteiger partial charge in [-0.3, -0.25) is 4.84 Å². The molecule has 36 valence electrons. The minimum absolute atomic E-state index is 0.528. The number of rotatable bonds is 0. The molecule has 0 unspecified atom stereocenters. The van der Waals surface area contributed by atoms with E-state index in [2.05, 4.69) is 4.84 Å². The van der Waals surface area contributed by atoms with Gasteiger partial charge in [0.25, 0.3) is 0 Å². The van der Waals surface area contributed by atoms with Crippen molar-refractivity contribution in [2.45, 2.75) is 0 Å². The average molecular weight is 106 g/mol. The van der Waals surface area contributed by atoms with E-state index in [1.54, 1.807) is 0 Å². The molecule has 1 saturated heterocycles. The molecule has 0 bridgehead atoms. The van der Waals surface area contributed by atoms with Gasteiger partial charge in [0.1, 0.15) is 0 Å². The summed E-state index contributed by atoms with van der Waals surface area (Å²) in [5, 5.41) is 9.90. The van der Waals surface area contributed by atoms with Crippen molar-refractivity contribution in [3.05, 3.63) is 5.21 Å². The van der Waals surface area contributed by atoms with Crippen LogP contribution in [0.3, 0.4) is 0 Å². The molecular formula is C2H4NO2S-. The quantitative estimate of drug-likeness (QED) is 0.418. The monoisotopic (exact) mass is 106 g/mol. The van der Waals surface area contributed by atoms with Crippen LogP contribution in [-0.2, 0) is 4.84 Å². The van der Waals surface area contributed by atoms with Gasteiger partial charge in [-0.15, -0.1) is 0 Å². The zero-order valence-corrected chi connectivity index (χ0v) is 3.90. The van der Waals surface area contributed by atoms with Crippen LogP contribution in [0.1, 0.15) is 0 Å². The third-order valence-electron chi connectivity index (χ3n) is 0.477. The molecule has 1 heterocycles. The van der Waals surface area contributed by atoms with Crippen molar-refractivity contribution in [1.29, 1.82) is 0 Å². The van der Waals surface area contributed by atoms with Gasteiger partial charge in [-0.25, -0.2) is 4.63 Å². The van der Waals surface area contributed by atoms with Gasteiger partial charge in [-0.05, 0) is 0 Å². The van der Waals surface area contributed by atoms with Crippen LogP contribution in [-0.4, -0.2) is 17.0 Å². The number of nitrogens with zero attached hydrogens (tertiary/aromatic N) is 1. The Bertz CT molecular complexity index is 44.8. The van der Waals surface area contributed by atoms with E-state index in [1.165, 1.54) is 0 Å². The van der Waals surface area contributed by atoms with Gasteiger partial charge < -0.3 is 5.21 Å². The van der Waals surface area contributed by atoms with Crippen LogP contribution in [0.15, 0.2) is 0 Å². The van der Waals surface area contributed by atoms with Gasteiger partial charge in [-0.2, -0.15) is 0 Å². The second-order valence-corrected chi connectivity index (χ2v) is 1.85. The van der Waals surface area contributed by atoms with Crippen molar-refractivity contribution < 1.29 is 4.84 Å². The Morgan fingerprint density at radius 2 is 2.67 bits per heavy atom. The van der Waals surface area contributed by atoms with Crippen molar-refractivity contribution in [3.8, 4) is 0 Å². The van der Waals surface area contributed by atoms with Crippen LogP contribution in [0.2, 0.25) is 0 Å². The van der Waals surface area contributed by atoms with Gasteiger partial charge >= 0.3 is 0 Å². The van der Waals surface area contributed by atoms with Crippen LogP contribution in [0, 0.1) is 5.21 Å². The Hall–Kier alpha value is 0.230. The molecule has 1 rings (SSSR count). The Morgan fingerprint density at radius 1 is 1.83 bits per heavy atom. The molecule has 0 saturated carbocycles. The normalized spacial score (nSPS) is 25.5. The zero-order valence-electron chi connectivity index (χ0n) is 3.09. The highest BCUT2D eigenvalue weighted by molar-refractivity contribution is 7.97.